The van der Waals surface area contributed by atoms with Gasteiger partial charge in [0, 0.05) is 26.1 Å². The number of hydrogen-bond donors (Lipinski definition) is 1. The maximum atomic E-state index is 12.6. The first-order valence-electron chi connectivity index (χ1n) is 5.05. The van der Waals surface area contributed by atoms with Gasteiger partial charge in [0.1, 0.15) is 0 Å². The molecule has 1 fully saturated rings. The highest BCUT2D eigenvalue weighted by molar-refractivity contribution is 5.85. The number of alkyl halides is 5. The molecule has 0 spiro atoms. The number of piperidine rings is 1. The first-order valence-corrected chi connectivity index (χ1v) is 5.05. The Bertz CT molecular complexity index is 355. The lowest BCUT2D eigenvalue weighted by Gasteiger charge is -2.31. The highest BCUT2D eigenvalue weighted by Gasteiger charge is 2.63. The summed E-state index contributed by atoms with van der Waals surface area (Å²) in [5, 5.41) is 1.61. The van der Waals surface area contributed by atoms with E-state index in [0.717, 1.165) is 0 Å². The van der Waals surface area contributed by atoms with Crippen molar-refractivity contribution in [2.75, 3.05) is 13.6 Å². The Hall–Kier alpha value is -1.41. The molecule has 0 radical (unpaired) electrons. The third-order valence-electron chi connectivity index (χ3n) is 2.60. The van der Waals surface area contributed by atoms with E-state index in [2.05, 4.69) is 0 Å². The topological polar surface area (TPSA) is 49.4 Å². The number of amides is 2. The van der Waals surface area contributed by atoms with Crippen molar-refractivity contribution >= 4 is 11.8 Å². The highest BCUT2D eigenvalue weighted by Crippen LogP contribution is 2.35. The summed E-state index contributed by atoms with van der Waals surface area (Å²) in [5.41, 5.74) is 0. The molecule has 0 saturated carbocycles. The first-order chi connectivity index (χ1) is 8.05. The lowest BCUT2D eigenvalue weighted by atomic mass is 10.1. The molecule has 1 saturated heterocycles. The zero-order chi connectivity index (χ0) is 14.1. The van der Waals surface area contributed by atoms with Crippen LogP contribution in [0.15, 0.2) is 0 Å². The number of rotatable bonds is 2. The highest BCUT2D eigenvalue weighted by atomic mass is 19.4. The van der Waals surface area contributed by atoms with E-state index in [4.69, 9.17) is 0 Å². The average Bonchev–Trinajstić information content (AvgIpc) is 2.21. The van der Waals surface area contributed by atoms with Crippen molar-refractivity contribution < 1.29 is 31.5 Å². The van der Waals surface area contributed by atoms with Gasteiger partial charge < -0.3 is 10.2 Å². The van der Waals surface area contributed by atoms with Gasteiger partial charge in [0.05, 0.1) is 0 Å². The number of halogens is 5. The Morgan fingerprint density at radius 2 is 1.89 bits per heavy atom. The molecule has 2 amide bonds. The Labute approximate surface area is 99.1 Å². The molecular formula is C9H11F5N2O2. The van der Waals surface area contributed by atoms with Gasteiger partial charge in [-0.15, -0.1) is 0 Å². The Balaban J connectivity index is 2.63. The molecule has 1 aliphatic rings. The van der Waals surface area contributed by atoms with Crippen molar-refractivity contribution in [2.45, 2.75) is 31.0 Å². The van der Waals surface area contributed by atoms with Crippen LogP contribution in [0.1, 0.15) is 12.8 Å². The van der Waals surface area contributed by atoms with Gasteiger partial charge in [-0.3, -0.25) is 9.59 Å². The van der Waals surface area contributed by atoms with Crippen LogP contribution in [0.2, 0.25) is 0 Å². The number of likely N-dealkylation sites (tertiary alicyclic amines) is 1. The van der Waals surface area contributed by atoms with Crippen LogP contribution in [-0.4, -0.2) is 48.4 Å². The molecule has 9 heteroatoms. The number of carbonyl (C=O) groups is 2. The fourth-order valence-corrected chi connectivity index (χ4v) is 1.53. The second-order valence-electron chi connectivity index (χ2n) is 4.06. The van der Waals surface area contributed by atoms with Crippen LogP contribution in [0, 0.1) is 0 Å². The normalized spacial score (nSPS) is 22.0. The molecule has 0 aromatic carbocycles. The molecule has 0 aliphatic carbocycles. The SMILES string of the molecule is CN1CC(NC(=O)C(F)(F)C(F)(F)F)CCC1=O. The zero-order valence-corrected chi connectivity index (χ0v) is 9.35. The largest absolute Gasteiger partial charge is 0.463 e. The minimum atomic E-state index is -5.92. The van der Waals surface area contributed by atoms with Gasteiger partial charge in [0.25, 0.3) is 0 Å². The second kappa shape index (κ2) is 4.69. The molecule has 104 valence electrons. The van der Waals surface area contributed by atoms with Crippen LogP contribution in [0.4, 0.5) is 22.0 Å². The summed E-state index contributed by atoms with van der Waals surface area (Å²) in [6, 6.07) is -0.895. The quantitative estimate of drug-likeness (QED) is 0.761. The van der Waals surface area contributed by atoms with Gasteiger partial charge in [0.2, 0.25) is 5.91 Å². The van der Waals surface area contributed by atoms with Gasteiger partial charge in [-0.05, 0) is 6.42 Å². The third-order valence-corrected chi connectivity index (χ3v) is 2.60. The smallest absolute Gasteiger partial charge is 0.346 e. The molecular weight excluding hydrogens is 263 g/mol. The summed E-state index contributed by atoms with van der Waals surface area (Å²) in [4.78, 5) is 23.1. The monoisotopic (exact) mass is 274 g/mol. The zero-order valence-electron chi connectivity index (χ0n) is 9.35. The molecule has 0 aromatic heterocycles. The minimum absolute atomic E-state index is 0.000956. The minimum Gasteiger partial charge on any atom is -0.346 e. The van der Waals surface area contributed by atoms with Gasteiger partial charge in [-0.25, -0.2) is 0 Å². The van der Waals surface area contributed by atoms with Crippen molar-refractivity contribution in [2.24, 2.45) is 0 Å². The summed E-state index contributed by atoms with van der Waals surface area (Å²) < 4.78 is 61.0. The van der Waals surface area contributed by atoms with Crippen molar-refractivity contribution in [1.82, 2.24) is 10.2 Å². The van der Waals surface area contributed by atoms with Crippen LogP contribution in [0.25, 0.3) is 0 Å². The summed E-state index contributed by atoms with van der Waals surface area (Å²) in [6.45, 7) is -0.0848. The van der Waals surface area contributed by atoms with Gasteiger partial charge in [-0.1, -0.05) is 0 Å². The molecule has 1 N–H and O–H groups in total. The Kier molecular flexibility index (Phi) is 3.82. The average molecular weight is 274 g/mol. The van der Waals surface area contributed by atoms with E-state index >= 15 is 0 Å². The fraction of sp³-hybridized carbons (Fsp3) is 0.778. The van der Waals surface area contributed by atoms with Gasteiger partial charge >= 0.3 is 18.0 Å². The summed E-state index contributed by atoms with van der Waals surface area (Å²) >= 11 is 0. The van der Waals surface area contributed by atoms with E-state index in [9.17, 15) is 31.5 Å². The standard InChI is InChI=1S/C9H11F5N2O2/c1-16-4-5(2-3-6(16)17)15-7(18)8(10,11)9(12,13)14/h5H,2-4H2,1H3,(H,15,18). The molecule has 1 atom stereocenters. The second-order valence-corrected chi connectivity index (χ2v) is 4.06. The van der Waals surface area contributed by atoms with Gasteiger partial charge in [0.15, 0.2) is 0 Å². The lowest BCUT2D eigenvalue weighted by Crippen LogP contribution is -2.56. The maximum absolute atomic E-state index is 12.6. The van der Waals surface area contributed by atoms with E-state index in [0.29, 0.717) is 0 Å². The molecule has 1 rings (SSSR count). The number of carbonyl (C=O) groups excluding carboxylic acids is 2. The number of hydrogen-bond acceptors (Lipinski definition) is 2. The van der Waals surface area contributed by atoms with Crippen LogP contribution in [0.5, 0.6) is 0 Å². The van der Waals surface area contributed by atoms with Crippen molar-refractivity contribution in [1.29, 1.82) is 0 Å². The first kappa shape index (κ1) is 14.7. The fourth-order valence-electron chi connectivity index (χ4n) is 1.53. The number of likely N-dealkylation sites (N-methyl/N-ethyl adjacent to an activating group) is 1. The predicted molar refractivity (Wildman–Crippen MR) is 49.8 cm³/mol. The molecule has 1 aliphatic heterocycles. The molecule has 18 heavy (non-hydrogen) atoms. The van der Waals surface area contributed by atoms with Crippen molar-refractivity contribution in [3.63, 3.8) is 0 Å². The maximum Gasteiger partial charge on any atom is 0.463 e. The van der Waals surface area contributed by atoms with Crippen LogP contribution < -0.4 is 5.32 Å². The Morgan fingerprint density at radius 1 is 1.33 bits per heavy atom. The van der Waals surface area contributed by atoms with Crippen LogP contribution in [0.3, 0.4) is 0 Å². The van der Waals surface area contributed by atoms with E-state index < -0.39 is 24.0 Å². The van der Waals surface area contributed by atoms with Crippen molar-refractivity contribution in [3.8, 4) is 0 Å². The molecule has 1 heterocycles. The summed E-state index contributed by atoms with van der Waals surface area (Å²) in [5.74, 6) is -8.06. The van der Waals surface area contributed by atoms with E-state index in [1.807, 2.05) is 0 Å². The summed E-state index contributed by atoms with van der Waals surface area (Å²) in [6.07, 6.45) is -5.88. The molecule has 0 aromatic rings. The van der Waals surface area contributed by atoms with E-state index in [1.165, 1.54) is 11.9 Å². The van der Waals surface area contributed by atoms with E-state index in [-0.39, 0.29) is 25.3 Å². The number of nitrogens with one attached hydrogen (secondary N) is 1. The van der Waals surface area contributed by atoms with E-state index in [1.54, 1.807) is 5.32 Å². The Morgan fingerprint density at radius 3 is 2.33 bits per heavy atom. The van der Waals surface area contributed by atoms with Gasteiger partial charge in [-0.2, -0.15) is 22.0 Å². The third kappa shape index (κ3) is 2.88. The molecule has 1 unspecified atom stereocenters. The number of nitrogens with zero attached hydrogens (tertiary/aromatic N) is 1. The molecule has 0 bridgehead atoms. The van der Waals surface area contributed by atoms with Crippen molar-refractivity contribution in [3.05, 3.63) is 0 Å². The van der Waals surface area contributed by atoms with Crippen LogP contribution in [-0.2, 0) is 9.59 Å². The predicted octanol–water partition coefficient (Wildman–Crippen LogP) is 0.921. The van der Waals surface area contributed by atoms with Crippen LogP contribution >= 0.6 is 0 Å². The lowest BCUT2D eigenvalue weighted by molar-refractivity contribution is -0.270. The molecule has 4 nitrogen and oxygen atoms in total. The summed E-state index contributed by atoms with van der Waals surface area (Å²) in [7, 11) is 1.38.